The number of hydrogen-bond acceptors (Lipinski definition) is 6. The van der Waals surface area contributed by atoms with E-state index in [1.54, 1.807) is 22.0 Å². The van der Waals surface area contributed by atoms with Crippen LogP contribution in [0.15, 0.2) is 30.6 Å². The largest absolute Gasteiger partial charge is 0.351 e. The molecule has 6 rings (SSSR count). The van der Waals surface area contributed by atoms with E-state index in [2.05, 4.69) is 27.3 Å². The molecule has 2 saturated carbocycles. The summed E-state index contributed by atoms with van der Waals surface area (Å²) in [6.07, 6.45) is 5.59. The average Bonchev–Trinajstić information content (AvgIpc) is 3.63. The Hall–Kier alpha value is -3.04. The molecule has 1 aliphatic heterocycles. The Kier molecular flexibility index (Phi) is 6.04. The number of carbonyl (C=O) groups excluding carboxylic acids is 3. The van der Waals surface area contributed by atoms with Crippen LogP contribution >= 0.6 is 23.2 Å². The van der Waals surface area contributed by atoms with Gasteiger partial charge < -0.3 is 10.2 Å². The molecule has 0 spiro atoms. The molecule has 5 atom stereocenters. The molecular formula is C28H30Cl2N6O3. The lowest BCUT2D eigenvalue weighted by Gasteiger charge is -2.28. The highest BCUT2D eigenvalue weighted by molar-refractivity contribution is 6.51. The van der Waals surface area contributed by atoms with Crippen molar-refractivity contribution in [3.8, 4) is 11.1 Å². The fourth-order valence-electron chi connectivity index (χ4n) is 6.05. The third-order valence-electron chi connectivity index (χ3n) is 8.56. The number of piperidine rings is 1. The molecule has 3 fully saturated rings. The van der Waals surface area contributed by atoms with Crippen molar-refractivity contribution in [2.24, 2.45) is 11.3 Å². The van der Waals surface area contributed by atoms with E-state index in [0.717, 1.165) is 17.5 Å². The summed E-state index contributed by atoms with van der Waals surface area (Å²) in [7, 11) is 0. The average molecular weight is 569 g/mol. The summed E-state index contributed by atoms with van der Waals surface area (Å²) in [6, 6.07) is 4.90. The third kappa shape index (κ3) is 4.59. The number of hydrogen-bond donors (Lipinski definition) is 1. The number of fused-ring (bicyclic) bond motifs is 2. The van der Waals surface area contributed by atoms with E-state index < -0.39 is 10.4 Å². The number of alkyl halides is 2. The van der Waals surface area contributed by atoms with Crippen LogP contribution in [-0.4, -0.2) is 64.7 Å². The summed E-state index contributed by atoms with van der Waals surface area (Å²) in [5.41, 5.74) is 2.57. The maximum absolute atomic E-state index is 13.7. The molecule has 3 heterocycles. The Bertz CT molecular complexity index is 1520. The van der Waals surface area contributed by atoms with E-state index in [-0.39, 0.29) is 47.6 Å². The van der Waals surface area contributed by atoms with Gasteiger partial charge in [-0.1, -0.05) is 13.0 Å². The van der Waals surface area contributed by atoms with Crippen LogP contribution < -0.4 is 5.32 Å². The molecule has 0 radical (unpaired) electrons. The smallest absolute Gasteiger partial charge is 0.245 e. The lowest BCUT2D eigenvalue weighted by molar-refractivity contribution is -0.140. The Morgan fingerprint density at radius 1 is 1.13 bits per heavy atom. The zero-order chi connectivity index (χ0) is 27.9. The van der Waals surface area contributed by atoms with Gasteiger partial charge in [-0.15, -0.1) is 23.2 Å². The second kappa shape index (κ2) is 8.99. The Balaban J connectivity index is 1.26. The first-order valence-electron chi connectivity index (χ1n) is 13.2. The molecule has 2 aromatic heterocycles. The van der Waals surface area contributed by atoms with Gasteiger partial charge in [-0.3, -0.25) is 19.1 Å². The number of likely N-dealkylation sites (tertiary alicyclic amines) is 1. The fourth-order valence-corrected chi connectivity index (χ4v) is 6.76. The van der Waals surface area contributed by atoms with Crippen LogP contribution in [0.25, 0.3) is 22.0 Å². The summed E-state index contributed by atoms with van der Waals surface area (Å²) in [4.78, 5) is 49.8. The molecule has 1 saturated heterocycles. The first-order chi connectivity index (χ1) is 18.4. The number of ketones is 1. The number of Topliss-reactive ketones (excluding diaryl/α,β-unsaturated/α-hetero) is 1. The molecule has 3 aliphatic rings. The van der Waals surface area contributed by atoms with E-state index in [4.69, 9.17) is 23.2 Å². The van der Waals surface area contributed by atoms with Gasteiger partial charge in [0.25, 0.3) is 0 Å². The van der Waals surface area contributed by atoms with Gasteiger partial charge >= 0.3 is 0 Å². The molecule has 3 aromatic rings. The lowest BCUT2D eigenvalue weighted by atomic mass is 10.0. The van der Waals surface area contributed by atoms with Crippen LogP contribution in [0, 0.1) is 18.3 Å². The van der Waals surface area contributed by atoms with Crippen molar-refractivity contribution in [1.82, 2.24) is 30.0 Å². The highest BCUT2D eigenvalue weighted by atomic mass is 35.5. The van der Waals surface area contributed by atoms with E-state index in [1.807, 2.05) is 32.0 Å². The topological polar surface area (TPSA) is 110 Å². The molecule has 2 aliphatic carbocycles. The van der Waals surface area contributed by atoms with Crippen molar-refractivity contribution in [3.63, 3.8) is 0 Å². The van der Waals surface area contributed by atoms with Crippen molar-refractivity contribution in [2.75, 3.05) is 0 Å². The van der Waals surface area contributed by atoms with Gasteiger partial charge in [-0.25, -0.2) is 9.97 Å². The number of rotatable bonds is 7. The predicted molar refractivity (Wildman–Crippen MR) is 147 cm³/mol. The minimum atomic E-state index is -0.798. The van der Waals surface area contributed by atoms with Gasteiger partial charge in [0, 0.05) is 48.3 Å². The summed E-state index contributed by atoms with van der Waals surface area (Å²) < 4.78 is 0.771. The molecule has 9 nitrogen and oxygen atoms in total. The molecule has 1 aromatic carbocycles. The second-order valence-corrected chi connectivity index (χ2v) is 13.1. The molecule has 2 amide bonds. The maximum atomic E-state index is 13.7. The quantitative estimate of drug-likeness (QED) is 0.339. The van der Waals surface area contributed by atoms with E-state index in [9.17, 15) is 14.4 Å². The number of amides is 2. The van der Waals surface area contributed by atoms with Gasteiger partial charge in [0.15, 0.2) is 5.78 Å². The van der Waals surface area contributed by atoms with Crippen LogP contribution in [0.4, 0.5) is 0 Å². The van der Waals surface area contributed by atoms with E-state index >= 15 is 0 Å². The SMILES string of the molecule is CC(=O)c1nn(CC(=O)N2[C@H](C(=O)N[C@H](C)[C@H]3CC3(Cl)Cl)C[C@@]3(C)C[C@@H]23)c2ccc(-c3cnc(C)nc3)cc12. The van der Waals surface area contributed by atoms with Crippen LogP contribution in [0.3, 0.4) is 0 Å². The molecule has 1 N–H and O–H groups in total. The Labute approximate surface area is 236 Å². The molecule has 0 unspecified atom stereocenters. The monoisotopic (exact) mass is 568 g/mol. The van der Waals surface area contributed by atoms with Gasteiger partial charge in [0.05, 0.1) is 5.52 Å². The number of nitrogens with zero attached hydrogens (tertiary/aromatic N) is 5. The Morgan fingerprint density at radius 2 is 1.82 bits per heavy atom. The van der Waals surface area contributed by atoms with Crippen LogP contribution in [0.1, 0.15) is 56.3 Å². The number of benzene rings is 1. The number of halogens is 2. The van der Waals surface area contributed by atoms with Crippen molar-refractivity contribution >= 4 is 51.7 Å². The van der Waals surface area contributed by atoms with E-state index in [0.29, 0.717) is 35.3 Å². The number of aryl methyl sites for hydroxylation is 1. The highest BCUT2D eigenvalue weighted by Crippen LogP contribution is 2.59. The summed E-state index contributed by atoms with van der Waals surface area (Å²) in [5, 5.41) is 8.23. The minimum absolute atomic E-state index is 0.00253. The van der Waals surface area contributed by atoms with Crippen LogP contribution in [0.2, 0.25) is 0 Å². The second-order valence-electron chi connectivity index (χ2n) is 11.6. The normalized spacial score (nSPS) is 27.2. The first kappa shape index (κ1) is 26.2. The van der Waals surface area contributed by atoms with Gasteiger partial charge in [-0.2, -0.15) is 5.10 Å². The number of carbonyl (C=O) groups is 3. The van der Waals surface area contributed by atoms with Gasteiger partial charge in [0.1, 0.15) is 28.4 Å². The standard InChI is InChI=1S/C28H30Cl2N6O3/c1-14(20-8-28(20,29)30)33-26(39)22-9-27(4)10-23(27)36(22)24(38)13-35-21-6-5-17(18-11-31-16(3)32-12-18)7-19(21)25(34-35)15(2)37/h5-7,11-12,14,20,22-23H,8-10,13H2,1-4H3,(H,33,39)/t14-,20-,22+,23-,27+/m1/s1. The van der Waals surface area contributed by atoms with Gasteiger partial charge in [-0.05, 0) is 56.2 Å². The first-order valence-corrected chi connectivity index (χ1v) is 13.9. The third-order valence-corrected chi connectivity index (χ3v) is 9.43. The zero-order valence-corrected chi connectivity index (χ0v) is 23.8. The van der Waals surface area contributed by atoms with Crippen LogP contribution in [-0.2, 0) is 16.1 Å². The minimum Gasteiger partial charge on any atom is -0.351 e. The number of nitrogens with one attached hydrogen (secondary N) is 1. The van der Waals surface area contributed by atoms with Crippen molar-refractivity contribution in [1.29, 1.82) is 0 Å². The summed E-state index contributed by atoms with van der Waals surface area (Å²) in [5.74, 6) is 0.0992. The van der Waals surface area contributed by atoms with Crippen LogP contribution in [0.5, 0.6) is 0 Å². The molecule has 11 heteroatoms. The van der Waals surface area contributed by atoms with Gasteiger partial charge in [0.2, 0.25) is 11.8 Å². The van der Waals surface area contributed by atoms with Crippen molar-refractivity contribution in [3.05, 3.63) is 42.1 Å². The molecule has 204 valence electrons. The predicted octanol–water partition coefficient (Wildman–Crippen LogP) is 4.08. The van der Waals surface area contributed by atoms with E-state index in [1.165, 1.54) is 6.92 Å². The molecule has 0 bridgehead atoms. The molecule has 39 heavy (non-hydrogen) atoms. The summed E-state index contributed by atoms with van der Waals surface area (Å²) in [6.45, 7) is 7.22. The van der Waals surface area contributed by atoms with Crippen molar-refractivity contribution < 1.29 is 14.4 Å². The molecular weight excluding hydrogens is 539 g/mol. The lowest BCUT2D eigenvalue weighted by Crippen LogP contribution is -2.51. The van der Waals surface area contributed by atoms with Crippen molar-refractivity contribution in [2.45, 2.75) is 76.0 Å². The summed E-state index contributed by atoms with van der Waals surface area (Å²) >= 11 is 12.4. The maximum Gasteiger partial charge on any atom is 0.245 e. The fraction of sp³-hybridized carbons (Fsp3) is 0.500. The number of aromatic nitrogens is 4. The zero-order valence-electron chi connectivity index (χ0n) is 22.2. The Morgan fingerprint density at radius 3 is 2.46 bits per heavy atom. The highest BCUT2D eigenvalue weighted by Gasteiger charge is 2.64.